The van der Waals surface area contributed by atoms with Gasteiger partial charge in [0.05, 0.1) is 19.9 Å². The van der Waals surface area contributed by atoms with Crippen LogP contribution in [0, 0.1) is 6.92 Å². The minimum Gasteiger partial charge on any atom is -0.497 e. The summed E-state index contributed by atoms with van der Waals surface area (Å²) in [6, 6.07) is 20.1. The zero-order valence-corrected chi connectivity index (χ0v) is 18.5. The third kappa shape index (κ3) is 5.30. The second kappa shape index (κ2) is 9.86. The maximum atomic E-state index is 12.3. The Morgan fingerprint density at radius 3 is 2.30 bits per heavy atom. The Bertz CT molecular complexity index is 1230. The summed E-state index contributed by atoms with van der Waals surface area (Å²) in [4.78, 5) is 16.8. The molecule has 0 aliphatic carbocycles. The van der Waals surface area contributed by atoms with Gasteiger partial charge >= 0.3 is 0 Å². The van der Waals surface area contributed by atoms with E-state index in [1.165, 1.54) is 7.11 Å². The SMILES string of the molecule is COc1ccc(NC(=O)COc2ccc(-c3nc(-c4ccc(C)cc4)no3)cc2)c(OC)c1. The molecule has 0 bridgehead atoms. The predicted octanol–water partition coefficient (Wildman–Crippen LogP) is 4.75. The third-order valence-electron chi connectivity index (χ3n) is 4.89. The average molecular weight is 445 g/mol. The Balaban J connectivity index is 1.35. The maximum Gasteiger partial charge on any atom is 0.262 e. The van der Waals surface area contributed by atoms with E-state index in [1.54, 1.807) is 49.6 Å². The molecule has 0 spiro atoms. The summed E-state index contributed by atoms with van der Waals surface area (Å²) in [7, 11) is 3.09. The number of benzene rings is 3. The van der Waals surface area contributed by atoms with Crippen molar-refractivity contribution in [3.8, 4) is 40.1 Å². The van der Waals surface area contributed by atoms with E-state index in [-0.39, 0.29) is 12.5 Å². The number of methoxy groups -OCH3 is 2. The summed E-state index contributed by atoms with van der Waals surface area (Å²) in [6.45, 7) is 1.86. The number of anilines is 1. The molecule has 1 amide bonds. The lowest BCUT2D eigenvalue weighted by Crippen LogP contribution is -2.20. The number of amides is 1. The zero-order valence-electron chi connectivity index (χ0n) is 18.5. The van der Waals surface area contributed by atoms with Crippen molar-refractivity contribution < 1.29 is 23.5 Å². The third-order valence-corrected chi connectivity index (χ3v) is 4.89. The molecular weight excluding hydrogens is 422 g/mol. The highest BCUT2D eigenvalue weighted by atomic mass is 16.5. The minimum atomic E-state index is -0.317. The smallest absolute Gasteiger partial charge is 0.262 e. The van der Waals surface area contributed by atoms with Crippen LogP contribution in [-0.4, -0.2) is 36.9 Å². The monoisotopic (exact) mass is 445 g/mol. The maximum absolute atomic E-state index is 12.3. The highest BCUT2D eigenvalue weighted by Crippen LogP contribution is 2.29. The molecule has 0 saturated carbocycles. The Labute approximate surface area is 191 Å². The van der Waals surface area contributed by atoms with Gasteiger partial charge in [0.1, 0.15) is 17.2 Å². The quantitative estimate of drug-likeness (QED) is 0.418. The van der Waals surface area contributed by atoms with Crippen LogP contribution >= 0.6 is 0 Å². The van der Waals surface area contributed by atoms with Gasteiger partial charge in [-0.05, 0) is 43.3 Å². The number of carbonyl (C=O) groups excluding carboxylic acids is 1. The Morgan fingerprint density at radius 2 is 1.61 bits per heavy atom. The van der Waals surface area contributed by atoms with E-state index in [1.807, 2.05) is 31.2 Å². The molecule has 0 fully saturated rings. The van der Waals surface area contributed by atoms with Gasteiger partial charge in [0, 0.05) is 17.2 Å². The van der Waals surface area contributed by atoms with Crippen LogP contribution < -0.4 is 19.5 Å². The fourth-order valence-electron chi connectivity index (χ4n) is 3.09. The topological polar surface area (TPSA) is 95.7 Å². The summed E-state index contributed by atoms with van der Waals surface area (Å²) in [6.07, 6.45) is 0. The first-order valence-corrected chi connectivity index (χ1v) is 10.2. The van der Waals surface area contributed by atoms with Gasteiger partial charge in [0.15, 0.2) is 6.61 Å². The second-order valence-corrected chi connectivity index (χ2v) is 7.22. The number of hydrogen-bond acceptors (Lipinski definition) is 7. The largest absolute Gasteiger partial charge is 0.497 e. The van der Waals surface area contributed by atoms with Crippen LogP contribution in [0.5, 0.6) is 17.2 Å². The summed E-state index contributed by atoms with van der Waals surface area (Å²) >= 11 is 0. The van der Waals surface area contributed by atoms with Gasteiger partial charge < -0.3 is 24.1 Å². The lowest BCUT2D eigenvalue weighted by Gasteiger charge is -2.12. The fraction of sp³-hybridized carbons (Fsp3) is 0.160. The predicted molar refractivity (Wildman–Crippen MR) is 124 cm³/mol. The molecule has 0 atom stereocenters. The van der Waals surface area contributed by atoms with Gasteiger partial charge in [-0.25, -0.2) is 0 Å². The molecule has 168 valence electrons. The van der Waals surface area contributed by atoms with E-state index in [0.29, 0.717) is 34.7 Å². The van der Waals surface area contributed by atoms with Gasteiger partial charge in [-0.1, -0.05) is 35.0 Å². The van der Waals surface area contributed by atoms with E-state index in [2.05, 4.69) is 15.5 Å². The lowest BCUT2D eigenvalue weighted by molar-refractivity contribution is -0.118. The van der Waals surface area contributed by atoms with E-state index in [9.17, 15) is 4.79 Å². The Hall–Kier alpha value is -4.33. The van der Waals surface area contributed by atoms with Crippen LogP contribution in [-0.2, 0) is 4.79 Å². The van der Waals surface area contributed by atoms with Crippen LogP contribution in [0.3, 0.4) is 0 Å². The second-order valence-electron chi connectivity index (χ2n) is 7.22. The minimum absolute atomic E-state index is 0.160. The van der Waals surface area contributed by atoms with Crippen molar-refractivity contribution in [1.82, 2.24) is 10.1 Å². The molecule has 4 aromatic rings. The molecule has 1 aromatic heterocycles. The molecule has 0 aliphatic rings. The van der Waals surface area contributed by atoms with E-state index < -0.39 is 0 Å². The molecule has 0 saturated heterocycles. The average Bonchev–Trinajstić information content (AvgIpc) is 3.34. The van der Waals surface area contributed by atoms with Crippen molar-refractivity contribution in [3.05, 3.63) is 72.3 Å². The summed E-state index contributed by atoms with van der Waals surface area (Å²) in [5.74, 6) is 2.28. The normalized spacial score (nSPS) is 10.5. The summed E-state index contributed by atoms with van der Waals surface area (Å²) in [5, 5.41) is 6.82. The molecule has 33 heavy (non-hydrogen) atoms. The molecule has 0 aliphatic heterocycles. The van der Waals surface area contributed by atoms with Crippen molar-refractivity contribution in [2.24, 2.45) is 0 Å². The molecule has 8 heteroatoms. The number of nitrogens with zero attached hydrogens (tertiary/aromatic N) is 2. The van der Waals surface area contributed by atoms with Crippen LogP contribution in [0.2, 0.25) is 0 Å². The van der Waals surface area contributed by atoms with Gasteiger partial charge in [0.25, 0.3) is 11.8 Å². The van der Waals surface area contributed by atoms with Gasteiger partial charge in [-0.2, -0.15) is 4.98 Å². The van der Waals surface area contributed by atoms with Gasteiger partial charge in [-0.3, -0.25) is 4.79 Å². The van der Waals surface area contributed by atoms with Crippen LogP contribution in [0.15, 0.2) is 71.3 Å². The number of nitrogens with one attached hydrogen (secondary N) is 1. The number of rotatable bonds is 8. The molecular formula is C25H23N3O5. The highest BCUT2D eigenvalue weighted by molar-refractivity contribution is 5.93. The van der Waals surface area contributed by atoms with Crippen molar-refractivity contribution in [2.45, 2.75) is 6.92 Å². The first-order valence-electron chi connectivity index (χ1n) is 10.2. The van der Waals surface area contributed by atoms with Crippen LogP contribution in [0.1, 0.15) is 5.56 Å². The zero-order chi connectivity index (χ0) is 23.2. The van der Waals surface area contributed by atoms with Crippen LogP contribution in [0.4, 0.5) is 5.69 Å². The van der Waals surface area contributed by atoms with E-state index in [0.717, 1.165) is 16.7 Å². The van der Waals surface area contributed by atoms with E-state index >= 15 is 0 Å². The van der Waals surface area contributed by atoms with Crippen molar-refractivity contribution in [2.75, 3.05) is 26.1 Å². The highest BCUT2D eigenvalue weighted by Gasteiger charge is 2.12. The van der Waals surface area contributed by atoms with Crippen molar-refractivity contribution in [3.63, 3.8) is 0 Å². The molecule has 4 rings (SSSR count). The van der Waals surface area contributed by atoms with E-state index in [4.69, 9.17) is 18.7 Å². The first-order chi connectivity index (χ1) is 16.1. The van der Waals surface area contributed by atoms with Gasteiger partial charge in [0.2, 0.25) is 5.82 Å². The fourth-order valence-corrected chi connectivity index (χ4v) is 3.09. The molecule has 1 N–H and O–H groups in total. The molecule has 8 nitrogen and oxygen atoms in total. The number of hydrogen-bond donors (Lipinski definition) is 1. The standard InChI is InChI=1S/C25H23N3O5/c1-16-4-6-17(7-5-16)24-27-25(33-28-24)18-8-10-19(11-9-18)32-15-23(29)26-21-13-12-20(30-2)14-22(21)31-3/h4-14H,15H2,1-3H3,(H,26,29). The first kappa shape index (κ1) is 21.9. The summed E-state index contributed by atoms with van der Waals surface area (Å²) < 4.78 is 21.4. The van der Waals surface area contributed by atoms with Crippen molar-refractivity contribution >= 4 is 11.6 Å². The number of carbonyl (C=O) groups is 1. The Kier molecular flexibility index (Phi) is 6.54. The molecule has 3 aromatic carbocycles. The van der Waals surface area contributed by atoms with Crippen molar-refractivity contribution in [1.29, 1.82) is 0 Å². The Morgan fingerprint density at radius 1 is 0.909 bits per heavy atom. The lowest BCUT2D eigenvalue weighted by atomic mass is 10.1. The molecule has 0 radical (unpaired) electrons. The summed E-state index contributed by atoms with van der Waals surface area (Å²) in [5.41, 5.74) is 3.33. The number of ether oxygens (including phenoxy) is 3. The van der Waals surface area contributed by atoms with Crippen LogP contribution in [0.25, 0.3) is 22.8 Å². The van der Waals surface area contributed by atoms with Gasteiger partial charge in [-0.15, -0.1) is 0 Å². The number of aryl methyl sites for hydroxylation is 1. The molecule has 0 unspecified atom stereocenters. The molecule has 1 heterocycles. The number of aromatic nitrogens is 2.